The molecule has 4 N–H and O–H groups in total. The number of benzene rings is 2. The highest BCUT2D eigenvalue weighted by atomic mass is 16.5. The van der Waals surface area contributed by atoms with Crippen LogP contribution in [0.15, 0.2) is 73.1 Å². The zero-order chi connectivity index (χ0) is 24.4. The summed E-state index contributed by atoms with van der Waals surface area (Å²) in [5.41, 5.74) is 2.92. The van der Waals surface area contributed by atoms with Crippen LogP contribution in [0.3, 0.4) is 0 Å². The van der Waals surface area contributed by atoms with Gasteiger partial charge in [0.2, 0.25) is 0 Å². The second-order valence-electron chi connectivity index (χ2n) is 9.16. The number of para-hydroxylation sites is 1. The number of pyridine rings is 1. The normalized spacial score (nSPS) is 18.2. The minimum Gasteiger partial charge on any atom is -0.491 e. The van der Waals surface area contributed by atoms with Crippen molar-refractivity contribution in [2.45, 2.75) is 24.4 Å². The number of carbonyl (C=O) groups is 1. The molecule has 6 rings (SSSR count). The molecule has 0 radical (unpaired) electrons. The van der Waals surface area contributed by atoms with E-state index in [0.29, 0.717) is 18.0 Å². The topological polar surface area (TPSA) is 117 Å². The molecule has 0 unspecified atom stereocenters. The summed E-state index contributed by atoms with van der Waals surface area (Å²) in [4.78, 5) is 22.0. The van der Waals surface area contributed by atoms with Crippen molar-refractivity contribution in [1.29, 1.82) is 0 Å². The zero-order valence-corrected chi connectivity index (χ0v) is 19.7. The molecular weight excluding hydrogens is 454 g/mol. The Morgan fingerprint density at radius 2 is 1.86 bits per heavy atom. The fraction of sp³-hybridized carbons (Fsp3) is 0.259. The Morgan fingerprint density at radius 3 is 2.72 bits per heavy atom. The van der Waals surface area contributed by atoms with Gasteiger partial charge in [0.15, 0.2) is 11.6 Å². The molecule has 0 bridgehead atoms. The molecule has 182 valence electrons. The van der Waals surface area contributed by atoms with Crippen LogP contribution in [0.1, 0.15) is 40.6 Å². The lowest BCUT2D eigenvalue weighted by atomic mass is 9.87. The number of rotatable bonds is 6. The third-order valence-corrected chi connectivity index (χ3v) is 6.85. The van der Waals surface area contributed by atoms with Crippen molar-refractivity contribution in [3.05, 3.63) is 90.0 Å². The van der Waals surface area contributed by atoms with Gasteiger partial charge in [-0.15, -0.1) is 0 Å². The highest BCUT2D eigenvalue weighted by molar-refractivity contribution is 5.95. The lowest BCUT2D eigenvalue weighted by molar-refractivity contribution is 0.0930. The zero-order valence-electron chi connectivity index (χ0n) is 19.7. The summed E-state index contributed by atoms with van der Waals surface area (Å²) in [6.45, 7) is 2.13. The quantitative estimate of drug-likeness (QED) is 0.333. The van der Waals surface area contributed by atoms with Gasteiger partial charge in [-0.3, -0.25) is 14.9 Å². The molecule has 4 aromatic rings. The fourth-order valence-corrected chi connectivity index (χ4v) is 4.92. The first-order chi connectivity index (χ1) is 17.7. The van der Waals surface area contributed by atoms with Crippen LogP contribution in [0.25, 0.3) is 11.4 Å². The minimum absolute atomic E-state index is 0.136. The molecule has 0 spiro atoms. The molecule has 2 aliphatic rings. The van der Waals surface area contributed by atoms with E-state index >= 15 is 0 Å². The van der Waals surface area contributed by atoms with Gasteiger partial charge < -0.3 is 20.7 Å². The van der Waals surface area contributed by atoms with Gasteiger partial charge in [-0.05, 0) is 62.3 Å². The number of anilines is 1. The third-order valence-electron chi connectivity index (χ3n) is 6.85. The second kappa shape index (κ2) is 9.43. The van der Waals surface area contributed by atoms with Crippen molar-refractivity contribution in [1.82, 2.24) is 30.8 Å². The van der Waals surface area contributed by atoms with Crippen LogP contribution in [0.2, 0.25) is 0 Å². The number of nitrogens with one attached hydrogen (secondary N) is 4. The summed E-state index contributed by atoms with van der Waals surface area (Å²) in [6, 6.07) is 19.0. The molecule has 2 aromatic heterocycles. The molecule has 2 aliphatic heterocycles. The average Bonchev–Trinajstić information content (AvgIpc) is 3.59. The molecule has 2 aromatic carbocycles. The number of fused-ring (bicyclic) bond motifs is 1. The molecule has 9 nitrogen and oxygen atoms in total. The third kappa shape index (κ3) is 4.29. The van der Waals surface area contributed by atoms with E-state index in [9.17, 15) is 4.79 Å². The van der Waals surface area contributed by atoms with Gasteiger partial charge in [0.25, 0.3) is 5.91 Å². The first-order valence-electron chi connectivity index (χ1n) is 12.2. The van der Waals surface area contributed by atoms with Gasteiger partial charge in [0, 0.05) is 34.8 Å². The van der Waals surface area contributed by atoms with Crippen LogP contribution in [-0.2, 0) is 5.54 Å². The van der Waals surface area contributed by atoms with Crippen LogP contribution in [-0.4, -0.2) is 45.8 Å². The maximum absolute atomic E-state index is 13.1. The smallest absolute Gasteiger partial charge is 0.251 e. The molecule has 36 heavy (non-hydrogen) atoms. The van der Waals surface area contributed by atoms with Crippen molar-refractivity contribution < 1.29 is 9.53 Å². The van der Waals surface area contributed by atoms with Gasteiger partial charge in [-0.1, -0.05) is 24.3 Å². The average molecular weight is 482 g/mol. The lowest BCUT2D eigenvalue weighted by Gasteiger charge is -2.37. The summed E-state index contributed by atoms with van der Waals surface area (Å²) in [5, 5.41) is 17.9. The molecule has 1 saturated heterocycles. The number of carbonyl (C=O) groups excluding carboxylic acids is 1. The molecule has 0 saturated carbocycles. The maximum Gasteiger partial charge on any atom is 0.251 e. The predicted octanol–water partition coefficient (Wildman–Crippen LogP) is 3.42. The minimum atomic E-state index is -0.434. The Labute approximate surface area is 208 Å². The van der Waals surface area contributed by atoms with Crippen LogP contribution in [0.4, 0.5) is 5.69 Å². The standard InChI is InChI=1S/C27H27N7O2/c35-25(30-22-17-36-23-7-2-1-6-21(22)23)19-4-3-5-20(16-19)32-27(10-14-29-15-11-27)26-31-24(33-34-26)18-8-12-28-13-9-18/h1-9,12-13,16,22,29,32H,10-11,14-15,17H2,(H,30,35)(H,31,33,34)/t22-/m1/s1. The molecule has 1 amide bonds. The van der Waals surface area contributed by atoms with Crippen molar-refractivity contribution in [2.75, 3.05) is 25.0 Å². The van der Waals surface area contributed by atoms with E-state index in [0.717, 1.165) is 54.3 Å². The fourth-order valence-electron chi connectivity index (χ4n) is 4.92. The summed E-state index contributed by atoms with van der Waals surface area (Å²) in [5.74, 6) is 2.11. The van der Waals surface area contributed by atoms with Gasteiger partial charge >= 0.3 is 0 Å². The monoisotopic (exact) mass is 481 g/mol. The molecule has 9 heteroatoms. The van der Waals surface area contributed by atoms with Crippen molar-refractivity contribution in [3.63, 3.8) is 0 Å². The van der Waals surface area contributed by atoms with E-state index in [4.69, 9.17) is 9.72 Å². The summed E-state index contributed by atoms with van der Waals surface area (Å²) >= 11 is 0. The number of aromatic nitrogens is 4. The van der Waals surface area contributed by atoms with E-state index in [1.54, 1.807) is 12.4 Å². The Morgan fingerprint density at radius 1 is 1.03 bits per heavy atom. The number of amides is 1. The number of H-pyrrole nitrogens is 1. The van der Waals surface area contributed by atoms with E-state index in [1.165, 1.54) is 0 Å². The number of aromatic amines is 1. The number of piperidine rings is 1. The first kappa shape index (κ1) is 22.2. The number of hydrogen-bond donors (Lipinski definition) is 4. The van der Waals surface area contributed by atoms with Crippen LogP contribution in [0, 0.1) is 0 Å². The van der Waals surface area contributed by atoms with Gasteiger partial charge in [0.1, 0.15) is 12.4 Å². The molecular formula is C27H27N7O2. The van der Waals surface area contributed by atoms with E-state index in [2.05, 4.69) is 31.1 Å². The molecule has 1 fully saturated rings. The van der Waals surface area contributed by atoms with Crippen LogP contribution >= 0.6 is 0 Å². The molecule has 0 aliphatic carbocycles. The second-order valence-corrected chi connectivity index (χ2v) is 9.16. The Balaban J connectivity index is 1.23. The molecule has 4 heterocycles. The first-order valence-corrected chi connectivity index (χ1v) is 12.2. The molecule has 1 atom stereocenters. The van der Waals surface area contributed by atoms with Crippen LogP contribution < -0.4 is 20.7 Å². The van der Waals surface area contributed by atoms with Crippen molar-refractivity contribution in [3.8, 4) is 17.1 Å². The SMILES string of the molecule is O=C(N[C@@H]1COc2ccccc21)c1cccc(NC2(c3nc(-c4ccncc4)n[nH]3)CCNCC2)c1. The van der Waals surface area contributed by atoms with Crippen LogP contribution in [0.5, 0.6) is 5.75 Å². The summed E-state index contributed by atoms with van der Waals surface area (Å²) in [6.07, 6.45) is 5.11. The highest BCUT2D eigenvalue weighted by Crippen LogP contribution is 2.34. The number of ether oxygens (including phenoxy) is 1. The highest BCUT2D eigenvalue weighted by Gasteiger charge is 2.37. The van der Waals surface area contributed by atoms with Crippen molar-refractivity contribution in [2.24, 2.45) is 0 Å². The van der Waals surface area contributed by atoms with Gasteiger partial charge in [-0.25, -0.2) is 4.98 Å². The van der Waals surface area contributed by atoms with Gasteiger partial charge in [0.05, 0.1) is 11.6 Å². The van der Waals surface area contributed by atoms with Gasteiger partial charge in [-0.2, -0.15) is 5.10 Å². The van der Waals surface area contributed by atoms with Crippen molar-refractivity contribution >= 4 is 11.6 Å². The summed E-state index contributed by atoms with van der Waals surface area (Å²) in [7, 11) is 0. The number of nitrogens with zero attached hydrogens (tertiary/aromatic N) is 3. The maximum atomic E-state index is 13.1. The Hall–Kier alpha value is -4.24. The lowest BCUT2D eigenvalue weighted by Crippen LogP contribution is -2.46. The van der Waals surface area contributed by atoms with E-state index in [1.807, 2.05) is 60.7 Å². The Bertz CT molecular complexity index is 1370. The van der Waals surface area contributed by atoms with E-state index in [-0.39, 0.29) is 11.9 Å². The Kier molecular flexibility index (Phi) is 5.82. The van der Waals surface area contributed by atoms with E-state index < -0.39 is 5.54 Å². The largest absolute Gasteiger partial charge is 0.491 e. The number of hydrogen-bond acceptors (Lipinski definition) is 7. The predicted molar refractivity (Wildman–Crippen MR) is 136 cm³/mol. The summed E-state index contributed by atoms with van der Waals surface area (Å²) < 4.78 is 5.72.